The summed E-state index contributed by atoms with van der Waals surface area (Å²) in [5.74, 6) is -0.434. The van der Waals surface area contributed by atoms with Gasteiger partial charge in [0, 0.05) is 11.7 Å². The van der Waals surface area contributed by atoms with Gasteiger partial charge in [0.15, 0.2) is 0 Å². The average Bonchev–Trinajstić information content (AvgIpc) is 2.66. The molecule has 0 aromatic heterocycles. The fourth-order valence-corrected chi connectivity index (χ4v) is 2.62. The quantitative estimate of drug-likeness (QED) is 0.654. The fraction of sp³-hybridized carbons (Fsp3) is 0.467. The molecule has 0 unspecified atom stereocenters. The van der Waals surface area contributed by atoms with E-state index in [1.54, 1.807) is 18.2 Å². The number of hydrogen-bond acceptors (Lipinski definition) is 3. The summed E-state index contributed by atoms with van der Waals surface area (Å²) in [7, 11) is 0. The molecule has 0 radical (unpaired) electrons. The van der Waals surface area contributed by atoms with Crippen LogP contribution in [0.25, 0.3) is 0 Å². The van der Waals surface area contributed by atoms with Gasteiger partial charge in [0.1, 0.15) is 0 Å². The van der Waals surface area contributed by atoms with Crippen molar-refractivity contribution in [2.75, 3.05) is 5.73 Å². The van der Waals surface area contributed by atoms with Crippen molar-refractivity contribution >= 4 is 17.5 Å². The van der Waals surface area contributed by atoms with E-state index in [1.807, 2.05) is 6.92 Å². The van der Waals surface area contributed by atoms with Crippen molar-refractivity contribution in [2.45, 2.75) is 45.6 Å². The molecular formula is C15H20N2O2. The smallest absolute Gasteiger partial charge is 0.263 e. The summed E-state index contributed by atoms with van der Waals surface area (Å²) in [5, 5.41) is 0. The highest BCUT2D eigenvalue weighted by atomic mass is 16.2. The third-order valence-electron chi connectivity index (χ3n) is 3.71. The number of nitrogens with two attached hydrogens (primary N) is 1. The third-order valence-corrected chi connectivity index (χ3v) is 3.71. The monoisotopic (exact) mass is 260 g/mol. The normalized spacial score (nSPS) is 15.8. The first-order chi connectivity index (χ1) is 9.11. The number of benzene rings is 1. The predicted molar refractivity (Wildman–Crippen MR) is 75.0 cm³/mol. The van der Waals surface area contributed by atoms with Crippen molar-refractivity contribution in [3.8, 4) is 0 Å². The zero-order valence-electron chi connectivity index (χ0n) is 11.5. The van der Waals surface area contributed by atoms with Crippen LogP contribution >= 0.6 is 0 Å². The Morgan fingerprint density at radius 3 is 2.53 bits per heavy atom. The standard InChI is InChI=1S/C15H20N2O2/c1-3-5-7-10(4-2)17-14(18)11-8-6-9-12(16)13(11)15(17)19/h6,8-10H,3-5,7,16H2,1-2H3/t10-/m0/s1. The Balaban J connectivity index is 2.33. The van der Waals surface area contributed by atoms with Crippen LogP contribution < -0.4 is 5.73 Å². The van der Waals surface area contributed by atoms with Crippen molar-refractivity contribution in [3.05, 3.63) is 29.3 Å². The van der Waals surface area contributed by atoms with Crippen LogP contribution in [-0.4, -0.2) is 22.8 Å². The van der Waals surface area contributed by atoms with Crippen LogP contribution in [0.1, 0.15) is 60.2 Å². The number of hydrogen-bond donors (Lipinski definition) is 1. The van der Waals surface area contributed by atoms with E-state index in [-0.39, 0.29) is 17.9 Å². The summed E-state index contributed by atoms with van der Waals surface area (Å²) in [6, 6.07) is 5.04. The number of imide groups is 1. The van der Waals surface area contributed by atoms with Crippen LogP contribution in [-0.2, 0) is 0 Å². The highest BCUT2D eigenvalue weighted by molar-refractivity contribution is 6.23. The number of anilines is 1. The van der Waals surface area contributed by atoms with Crippen LogP contribution in [0.2, 0.25) is 0 Å². The maximum atomic E-state index is 12.4. The number of unbranched alkanes of at least 4 members (excludes halogenated alkanes) is 1. The van der Waals surface area contributed by atoms with E-state index in [0.29, 0.717) is 16.8 Å². The molecule has 1 heterocycles. The number of carbonyl (C=O) groups excluding carboxylic acids is 2. The molecule has 0 bridgehead atoms. The predicted octanol–water partition coefficient (Wildman–Crippen LogP) is 2.83. The third kappa shape index (κ3) is 2.23. The molecule has 4 nitrogen and oxygen atoms in total. The minimum absolute atomic E-state index is 0.0215. The maximum absolute atomic E-state index is 12.4. The number of fused-ring (bicyclic) bond motifs is 1. The molecule has 4 heteroatoms. The Morgan fingerprint density at radius 2 is 1.95 bits per heavy atom. The van der Waals surface area contributed by atoms with E-state index in [1.165, 1.54) is 4.90 Å². The van der Waals surface area contributed by atoms with Gasteiger partial charge in [0.05, 0.1) is 11.1 Å². The van der Waals surface area contributed by atoms with E-state index in [0.717, 1.165) is 25.7 Å². The SMILES string of the molecule is CCCC[C@H](CC)N1C(=O)c2cccc(N)c2C1=O. The highest BCUT2D eigenvalue weighted by Crippen LogP contribution is 2.30. The Morgan fingerprint density at radius 1 is 1.21 bits per heavy atom. The van der Waals surface area contributed by atoms with Crippen LogP contribution in [0.4, 0.5) is 5.69 Å². The lowest BCUT2D eigenvalue weighted by Crippen LogP contribution is -2.39. The first-order valence-electron chi connectivity index (χ1n) is 6.88. The largest absolute Gasteiger partial charge is 0.398 e. The Labute approximate surface area is 113 Å². The summed E-state index contributed by atoms with van der Waals surface area (Å²) >= 11 is 0. The van der Waals surface area contributed by atoms with Crippen LogP contribution in [0.3, 0.4) is 0 Å². The van der Waals surface area contributed by atoms with Gasteiger partial charge in [-0.3, -0.25) is 14.5 Å². The molecule has 0 fully saturated rings. The minimum atomic E-state index is -0.235. The molecule has 0 aliphatic carbocycles. The van der Waals surface area contributed by atoms with Crippen LogP contribution in [0.5, 0.6) is 0 Å². The second kappa shape index (κ2) is 5.43. The van der Waals surface area contributed by atoms with Gasteiger partial charge in [0.2, 0.25) is 0 Å². The zero-order valence-corrected chi connectivity index (χ0v) is 11.5. The molecule has 1 aliphatic heterocycles. The average molecular weight is 260 g/mol. The Kier molecular flexibility index (Phi) is 3.88. The molecule has 1 aromatic rings. The topological polar surface area (TPSA) is 63.4 Å². The summed E-state index contributed by atoms with van der Waals surface area (Å²) < 4.78 is 0. The van der Waals surface area contributed by atoms with Gasteiger partial charge in [0.25, 0.3) is 11.8 Å². The van der Waals surface area contributed by atoms with Crippen molar-refractivity contribution < 1.29 is 9.59 Å². The Bertz CT molecular complexity index is 511. The van der Waals surface area contributed by atoms with Gasteiger partial charge >= 0.3 is 0 Å². The van der Waals surface area contributed by atoms with Crippen molar-refractivity contribution in [2.24, 2.45) is 0 Å². The second-order valence-electron chi connectivity index (χ2n) is 4.95. The molecule has 1 atom stereocenters. The van der Waals surface area contributed by atoms with Crippen molar-refractivity contribution in [1.82, 2.24) is 4.90 Å². The number of carbonyl (C=O) groups is 2. The lowest BCUT2D eigenvalue weighted by atomic mass is 10.1. The molecule has 0 saturated carbocycles. The van der Waals surface area contributed by atoms with E-state index < -0.39 is 0 Å². The molecular weight excluding hydrogens is 240 g/mol. The van der Waals surface area contributed by atoms with Gasteiger partial charge in [-0.1, -0.05) is 32.8 Å². The number of nitrogen functional groups attached to an aromatic ring is 1. The van der Waals surface area contributed by atoms with Crippen LogP contribution in [0.15, 0.2) is 18.2 Å². The van der Waals surface area contributed by atoms with E-state index in [9.17, 15) is 9.59 Å². The van der Waals surface area contributed by atoms with Gasteiger partial charge in [-0.2, -0.15) is 0 Å². The molecule has 1 aromatic carbocycles. The molecule has 19 heavy (non-hydrogen) atoms. The minimum Gasteiger partial charge on any atom is -0.398 e. The van der Waals surface area contributed by atoms with Gasteiger partial charge in [-0.15, -0.1) is 0 Å². The first-order valence-corrected chi connectivity index (χ1v) is 6.88. The summed E-state index contributed by atoms with van der Waals surface area (Å²) in [5.41, 5.74) is 7.04. The first kappa shape index (κ1) is 13.6. The molecule has 102 valence electrons. The van der Waals surface area contributed by atoms with E-state index in [4.69, 9.17) is 5.73 Å². The molecule has 2 amide bonds. The molecule has 0 spiro atoms. The van der Waals surface area contributed by atoms with Gasteiger partial charge in [-0.05, 0) is 25.0 Å². The molecule has 0 saturated heterocycles. The molecule has 1 aliphatic rings. The number of nitrogens with zero attached hydrogens (tertiary/aromatic N) is 1. The van der Waals surface area contributed by atoms with Gasteiger partial charge in [-0.25, -0.2) is 0 Å². The van der Waals surface area contributed by atoms with E-state index >= 15 is 0 Å². The molecule has 2 rings (SSSR count). The summed E-state index contributed by atoms with van der Waals surface area (Å²) in [6.45, 7) is 4.11. The Hall–Kier alpha value is -1.84. The second-order valence-corrected chi connectivity index (χ2v) is 4.95. The summed E-state index contributed by atoms with van der Waals surface area (Å²) in [4.78, 5) is 26.2. The number of amides is 2. The zero-order chi connectivity index (χ0) is 14.0. The highest BCUT2D eigenvalue weighted by Gasteiger charge is 2.40. The van der Waals surface area contributed by atoms with Crippen LogP contribution in [0, 0.1) is 0 Å². The fourth-order valence-electron chi connectivity index (χ4n) is 2.62. The lowest BCUT2D eigenvalue weighted by molar-refractivity contribution is 0.0570. The van der Waals surface area contributed by atoms with Gasteiger partial charge < -0.3 is 5.73 Å². The summed E-state index contributed by atoms with van der Waals surface area (Å²) in [6.07, 6.45) is 3.72. The van der Waals surface area contributed by atoms with E-state index in [2.05, 4.69) is 6.92 Å². The van der Waals surface area contributed by atoms with Crippen molar-refractivity contribution in [3.63, 3.8) is 0 Å². The van der Waals surface area contributed by atoms with Crippen molar-refractivity contribution in [1.29, 1.82) is 0 Å². The maximum Gasteiger partial charge on any atom is 0.263 e. The lowest BCUT2D eigenvalue weighted by Gasteiger charge is -2.25. The number of rotatable bonds is 5. The molecule has 2 N–H and O–H groups in total.